The average molecular weight is 473 g/mol. The lowest BCUT2D eigenvalue weighted by Crippen LogP contribution is -2.40. The number of nitrogens with two attached hydrogens (primary N) is 1. The Kier molecular flexibility index (Phi) is 8.48. The fourth-order valence-corrected chi connectivity index (χ4v) is 3.83. The van der Waals surface area contributed by atoms with Gasteiger partial charge in [-0.3, -0.25) is 14.6 Å². The van der Waals surface area contributed by atoms with Crippen molar-refractivity contribution in [2.24, 2.45) is 0 Å². The fraction of sp³-hybridized carbons (Fsp3) is 0.269. The zero-order valence-electron chi connectivity index (χ0n) is 19.7. The van der Waals surface area contributed by atoms with Crippen LogP contribution in [-0.4, -0.2) is 46.1 Å². The van der Waals surface area contributed by atoms with Gasteiger partial charge in [-0.25, -0.2) is 4.98 Å². The molecule has 2 aromatic heterocycles. The summed E-state index contributed by atoms with van der Waals surface area (Å²) < 4.78 is 0. The predicted octanol–water partition coefficient (Wildman–Crippen LogP) is 2.69. The Bertz CT molecular complexity index is 1220. The number of nitriles is 1. The van der Waals surface area contributed by atoms with Gasteiger partial charge in [-0.2, -0.15) is 5.26 Å². The molecule has 0 unspecified atom stereocenters. The van der Waals surface area contributed by atoms with Crippen molar-refractivity contribution in [3.63, 3.8) is 0 Å². The molecule has 0 aliphatic carbocycles. The van der Waals surface area contributed by atoms with E-state index < -0.39 is 0 Å². The smallest absolute Gasteiger partial charge is 0.252 e. The number of nitrogens with one attached hydrogen (secondary N) is 1. The van der Waals surface area contributed by atoms with Crippen molar-refractivity contribution < 1.29 is 14.7 Å². The average Bonchev–Trinajstić information content (AvgIpc) is 2.87. The first-order valence-electron chi connectivity index (χ1n) is 11.2. The Morgan fingerprint density at radius 3 is 2.60 bits per heavy atom. The van der Waals surface area contributed by atoms with E-state index in [2.05, 4.69) is 28.3 Å². The summed E-state index contributed by atoms with van der Waals surface area (Å²) in [4.78, 5) is 33.8. The first kappa shape index (κ1) is 25.3. The second-order valence-corrected chi connectivity index (χ2v) is 8.12. The zero-order chi connectivity index (χ0) is 25.4. The number of nitrogen functional groups attached to an aromatic ring is 1. The molecule has 0 fully saturated rings. The van der Waals surface area contributed by atoms with Gasteiger partial charge < -0.3 is 21.1 Å². The van der Waals surface area contributed by atoms with Gasteiger partial charge in [0, 0.05) is 43.2 Å². The second-order valence-electron chi connectivity index (χ2n) is 8.12. The van der Waals surface area contributed by atoms with Gasteiger partial charge >= 0.3 is 0 Å². The third-order valence-corrected chi connectivity index (χ3v) is 5.58. The second kappa shape index (κ2) is 11.7. The van der Waals surface area contributed by atoms with Gasteiger partial charge in [0.25, 0.3) is 5.91 Å². The van der Waals surface area contributed by atoms with E-state index in [4.69, 9.17) is 16.1 Å². The molecule has 1 atom stereocenters. The van der Waals surface area contributed by atoms with E-state index in [0.29, 0.717) is 16.9 Å². The Morgan fingerprint density at radius 2 is 2.00 bits per heavy atom. The Hall–Kier alpha value is -4.29. The number of aryl methyl sites for hydroxylation is 1. The van der Waals surface area contributed by atoms with Crippen LogP contribution in [0.4, 0.5) is 11.5 Å². The monoisotopic (exact) mass is 472 g/mol. The number of pyridine rings is 2. The van der Waals surface area contributed by atoms with Crippen molar-refractivity contribution in [2.45, 2.75) is 32.7 Å². The summed E-state index contributed by atoms with van der Waals surface area (Å²) >= 11 is 0. The van der Waals surface area contributed by atoms with Crippen LogP contribution in [0.25, 0.3) is 11.3 Å². The van der Waals surface area contributed by atoms with E-state index in [-0.39, 0.29) is 31.0 Å². The molecule has 9 nitrogen and oxygen atoms in total. The molecule has 9 heteroatoms. The number of fused-ring (bicyclic) bond motifs is 1. The highest BCUT2D eigenvalue weighted by Gasteiger charge is 2.26. The van der Waals surface area contributed by atoms with Crippen LogP contribution >= 0.6 is 0 Å². The van der Waals surface area contributed by atoms with Gasteiger partial charge in [0.15, 0.2) is 0 Å². The number of amides is 2. The lowest BCUT2D eigenvalue weighted by molar-refractivity contribution is -0.117. The van der Waals surface area contributed by atoms with E-state index in [1.54, 1.807) is 25.1 Å². The molecule has 0 saturated heterocycles. The Balaban J connectivity index is 0.000000320. The fourth-order valence-electron chi connectivity index (χ4n) is 3.83. The number of carbonyl (C=O) groups is 2. The summed E-state index contributed by atoms with van der Waals surface area (Å²) in [6.45, 7) is 3.79. The number of nitrogens with zero attached hydrogens (tertiary/aromatic N) is 4. The van der Waals surface area contributed by atoms with E-state index in [1.165, 1.54) is 12.4 Å². The van der Waals surface area contributed by atoms with Crippen molar-refractivity contribution in [3.05, 3.63) is 71.5 Å². The van der Waals surface area contributed by atoms with Crippen LogP contribution in [0.5, 0.6) is 0 Å². The first-order valence-corrected chi connectivity index (χ1v) is 11.2. The van der Waals surface area contributed by atoms with Crippen LogP contribution in [0.2, 0.25) is 0 Å². The number of hydrogen-bond acceptors (Lipinski definition) is 7. The van der Waals surface area contributed by atoms with Crippen molar-refractivity contribution in [2.75, 3.05) is 23.8 Å². The Labute approximate surface area is 204 Å². The summed E-state index contributed by atoms with van der Waals surface area (Å²) in [5.41, 5.74) is 10.1. The van der Waals surface area contributed by atoms with Crippen LogP contribution in [-0.2, 0) is 11.2 Å². The molecule has 0 saturated carbocycles. The largest absolute Gasteiger partial charge is 0.395 e. The van der Waals surface area contributed by atoms with Gasteiger partial charge in [-0.1, -0.05) is 6.07 Å². The highest BCUT2D eigenvalue weighted by atomic mass is 16.3. The molecule has 4 N–H and O–H groups in total. The minimum Gasteiger partial charge on any atom is -0.395 e. The topological polar surface area (TPSA) is 145 Å². The maximum Gasteiger partial charge on any atom is 0.252 e. The highest BCUT2D eigenvalue weighted by Crippen LogP contribution is 2.33. The van der Waals surface area contributed by atoms with Crippen LogP contribution in [0.3, 0.4) is 0 Å². The molecular formula is C26H28N6O3. The molecule has 3 aromatic rings. The standard InChI is InChI=1S/C20H23N3O3.C6H5N3/c1-13-3-4-16-11-15(6-8-19(16)23(13)14(2)25)18-7-5-17(12-22-18)20(26)21-9-10-24;7-3-5-1-2-6(8)9-4-5/h5-8,11-13,24H,3-4,9-10H2,1-2H3,(H,21,26);1-2,4H,(H2,8,9)/t13-;/m0./s1. The summed E-state index contributed by atoms with van der Waals surface area (Å²) in [6, 6.07) is 14.9. The van der Waals surface area contributed by atoms with Gasteiger partial charge in [0.05, 0.1) is 23.4 Å². The SMILES string of the molecule is CC(=O)N1c2ccc(-c3ccc(C(=O)NCCO)cn3)cc2CC[C@@H]1C.N#Cc1ccc(N)nc1. The minimum atomic E-state index is -0.255. The first-order chi connectivity index (χ1) is 16.8. The zero-order valence-corrected chi connectivity index (χ0v) is 19.7. The van der Waals surface area contributed by atoms with Crippen LogP contribution in [0.1, 0.15) is 41.8 Å². The van der Waals surface area contributed by atoms with Crippen LogP contribution in [0, 0.1) is 11.3 Å². The van der Waals surface area contributed by atoms with Gasteiger partial charge in [-0.15, -0.1) is 0 Å². The van der Waals surface area contributed by atoms with Crippen molar-refractivity contribution in [3.8, 4) is 17.3 Å². The van der Waals surface area contributed by atoms with Crippen LogP contribution in [0.15, 0.2) is 54.9 Å². The molecule has 2 amide bonds. The summed E-state index contributed by atoms with van der Waals surface area (Å²) in [5, 5.41) is 19.7. The number of carbonyl (C=O) groups excluding carboxylic acids is 2. The number of benzene rings is 1. The third kappa shape index (κ3) is 6.40. The van der Waals surface area contributed by atoms with E-state index in [0.717, 1.165) is 35.3 Å². The van der Waals surface area contributed by atoms with E-state index >= 15 is 0 Å². The number of hydrogen-bond donors (Lipinski definition) is 3. The molecule has 3 heterocycles. The number of anilines is 2. The Morgan fingerprint density at radius 1 is 1.20 bits per heavy atom. The van der Waals surface area contributed by atoms with Crippen molar-refractivity contribution in [1.29, 1.82) is 5.26 Å². The molecular weight excluding hydrogens is 444 g/mol. The van der Waals surface area contributed by atoms with Gasteiger partial charge in [0.1, 0.15) is 11.9 Å². The number of aromatic nitrogens is 2. The summed E-state index contributed by atoms with van der Waals surface area (Å²) in [7, 11) is 0. The molecule has 4 rings (SSSR count). The van der Waals surface area contributed by atoms with Crippen LogP contribution < -0.4 is 16.0 Å². The number of aliphatic hydroxyl groups excluding tert-OH is 1. The molecule has 35 heavy (non-hydrogen) atoms. The summed E-state index contributed by atoms with van der Waals surface area (Å²) in [5.74, 6) is 0.242. The number of rotatable bonds is 4. The molecule has 1 aliphatic heterocycles. The molecule has 1 aromatic carbocycles. The maximum atomic E-state index is 12.0. The molecule has 0 spiro atoms. The van der Waals surface area contributed by atoms with E-state index in [9.17, 15) is 9.59 Å². The third-order valence-electron chi connectivity index (χ3n) is 5.58. The quantitative estimate of drug-likeness (QED) is 0.529. The normalized spacial score (nSPS) is 14.1. The van der Waals surface area contributed by atoms with Gasteiger partial charge in [0.2, 0.25) is 5.91 Å². The number of aliphatic hydroxyl groups is 1. The lowest BCUT2D eigenvalue weighted by atomic mass is 9.94. The molecule has 180 valence electrons. The van der Waals surface area contributed by atoms with Crippen molar-refractivity contribution >= 4 is 23.3 Å². The maximum absolute atomic E-state index is 12.0. The molecule has 1 aliphatic rings. The molecule has 0 bridgehead atoms. The highest BCUT2D eigenvalue weighted by molar-refractivity contribution is 5.95. The molecule has 0 radical (unpaired) electrons. The van der Waals surface area contributed by atoms with Crippen molar-refractivity contribution in [1.82, 2.24) is 15.3 Å². The predicted molar refractivity (Wildman–Crippen MR) is 133 cm³/mol. The van der Waals surface area contributed by atoms with E-state index in [1.807, 2.05) is 29.2 Å². The summed E-state index contributed by atoms with van der Waals surface area (Å²) in [6.07, 6.45) is 4.84. The lowest BCUT2D eigenvalue weighted by Gasteiger charge is -2.34. The minimum absolute atomic E-state index is 0.0579. The van der Waals surface area contributed by atoms with Gasteiger partial charge in [-0.05, 0) is 61.7 Å².